The lowest BCUT2D eigenvalue weighted by atomic mass is 9.92. The van der Waals surface area contributed by atoms with E-state index in [2.05, 4.69) is 46.8 Å². The van der Waals surface area contributed by atoms with Crippen molar-refractivity contribution < 1.29 is 23.9 Å². The molecule has 4 aromatic carbocycles. The number of carbonyl (C=O) groups is 4. The predicted molar refractivity (Wildman–Crippen MR) is 187 cm³/mol. The molecular weight excluding hydrogens is 604 g/mol. The summed E-state index contributed by atoms with van der Waals surface area (Å²) in [6.45, 7) is 7.23. The molecule has 4 amide bonds. The van der Waals surface area contributed by atoms with Gasteiger partial charge < -0.3 is 26.4 Å². The highest BCUT2D eigenvalue weighted by molar-refractivity contribution is 5.95. The third-order valence-electron chi connectivity index (χ3n) is 8.81. The molecule has 0 saturated carbocycles. The van der Waals surface area contributed by atoms with Crippen molar-refractivity contribution in [2.45, 2.75) is 50.6 Å². The van der Waals surface area contributed by atoms with E-state index in [0.717, 1.165) is 38.6 Å². The number of nitrogens with two attached hydrogens (primary N) is 1. The van der Waals surface area contributed by atoms with Crippen LogP contribution in [0.1, 0.15) is 49.3 Å². The van der Waals surface area contributed by atoms with Crippen molar-refractivity contribution >= 4 is 34.6 Å². The van der Waals surface area contributed by atoms with Gasteiger partial charge in [-0.1, -0.05) is 97.1 Å². The van der Waals surface area contributed by atoms with Crippen LogP contribution in [0, 0.1) is 5.92 Å². The van der Waals surface area contributed by atoms with Crippen molar-refractivity contribution in [3.8, 4) is 11.1 Å². The van der Waals surface area contributed by atoms with Crippen LogP contribution in [-0.4, -0.2) is 48.5 Å². The molecule has 1 aliphatic carbocycles. The smallest absolute Gasteiger partial charge is 0.408 e. The largest absolute Gasteiger partial charge is 0.449 e. The van der Waals surface area contributed by atoms with Gasteiger partial charge in [0.1, 0.15) is 18.2 Å². The molecule has 0 bridgehead atoms. The number of fused-ring (bicyclic) bond motifs is 4. The first-order valence-corrected chi connectivity index (χ1v) is 16.1. The zero-order chi connectivity index (χ0) is 34.3. The highest BCUT2D eigenvalue weighted by Gasteiger charge is 2.35. The van der Waals surface area contributed by atoms with E-state index in [4.69, 9.17) is 10.5 Å². The van der Waals surface area contributed by atoms with E-state index in [1.165, 1.54) is 13.8 Å². The fourth-order valence-electron chi connectivity index (χ4n) is 6.32. The molecular formula is C39H42N4O5. The van der Waals surface area contributed by atoms with Gasteiger partial charge in [-0.3, -0.25) is 14.4 Å². The van der Waals surface area contributed by atoms with Crippen molar-refractivity contribution in [1.29, 1.82) is 0 Å². The van der Waals surface area contributed by atoms with Gasteiger partial charge in [0.2, 0.25) is 17.7 Å². The van der Waals surface area contributed by atoms with Gasteiger partial charge >= 0.3 is 6.09 Å². The van der Waals surface area contributed by atoms with Crippen LogP contribution >= 0.6 is 0 Å². The maximum Gasteiger partial charge on any atom is 0.408 e. The Balaban J connectivity index is 1.18. The summed E-state index contributed by atoms with van der Waals surface area (Å²) in [5.41, 5.74) is 9.46. The number of hydrogen-bond acceptors (Lipinski definition) is 5. The summed E-state index contributed by atoms with van der Waals surface area (Å²) in [5.74, 6) is -2.10. The highest BCUT2D eigenvalue weighted by atomic mass is 16.5. The second-order valence-corrected chi connectivity index (χ2v) is 12.7. The number of benzene rings is 4. The normalized spacial score (nSPS) is 13.5. The first-order chi connectivity index (χ1) is 23.1. The quantitative estimate of drug-likeness (QED) is 0.137. The average Bonchev–Trinajstić information content (AvgIpc) is 3.39. The first kappa shape index (κ1) is 33.9. The Bertz CT molecular complexity index is 1780. The standard InChI is InChI=1S/C39H42N4O5/c1-4-12-25(21-27-15-11-14-26-13-5-6-16-28(26)27)23-41-36(45)34(22-35(40)44)42-37(46)39(2,3)43-38(47)48-24-33-31-19-9-7-17-29(31)30-18-8-10-20-32(30)33/h4-11,13-20,25,33-34H,1,12,21-24H2,2-3H3,(H2,40,44)(H,41,45)(H,42,46)(H,43,47)/t25-,34-/m0/s1. The highest BCUT2D eigenvalue weighted by Crippen LogP contribution is 2.44. The minimum Gasteiger partial charge on any atom is -0.449 e. The molecule has 0 aliphatic heterocycles. The lowest BCUT2D eigenvalue weighted by molar-refractivity contribution is -0.133. The maximum atomic E-state index is 13.4. The van der Waals surface area contributed by atoms with Crippen molar-refractivity contribution in [2.75, 3.05) is 13.2 Å². The lowest BCUT2D eigenvalue weighted by Crippen LogP contribution is -2.59. The van der Waals surface area contributed by atoms with Crippen LogP contribution in [0.15, 0.2) is 104 Å². The molecule has 248 valence electrons. The van der Waals surface area contributed by atoms with E-state index in [9.17, 15) is 19.2 Å². The molecule has 0 fully saturated rings. The summed E-state index contributed by atoms with van der Waals surface area (Å²) in [6.07, 6.45) is 1.95. The predicted octanol–water partition coefficient (Wildman–Crippen LogP) is 5.37. The van der Waals surface area contributed by atoms with Crippen molar-refractivity contribution in [2.24, 2.45) is 11.7 Å². The number of rotatable bonds is 14. The summed E-state index contributed by atoms with van der Waals surface area (Å²) >= 11 is 0. The summed E-state index contributed by atoms with van der Waals surface area (Å²) in [4.78, 5) is 51.5. The van der Waals surface area contributed by atoms with Crippen LogP contribution in [0.2, 0.25) is 0 Å². The topological polar surface area (TPSA) is 140 Å². The summed E-state index contributed by atoms with van der Waals surface area (Å²) in [6, 6.07) is 29.0. The van der Waals surface area contributed by atoms with Crippen molar-refractivity contribution in [3.05, 3.63) is 120 Å². The second-order valence-electron chi connectivity index (χ2n) is 12.7. The number of ether oxygens (including phenoxy) is 1. The molecule has 0 spiro atoms. The molecule has 1 aliphatic rings. The van der Waals surface area contributed by atoms with E-state index in [1.807, 2.05) is 72.8 Å². The Labute approximate surface area is 280 Å². The number of allylic oxidation sites excluding steroid dienone is 1. The fraction of sp³-hybridized carbons (Fsp3) is 0.282. The first-order valence-electron chi connectivity index (χ1n) is 16.1. The van der Waals surface area contributed by atoms with E-state index >= 15 is 0 Å². The molecule has 0 unspecified atom stereocenters. The van der Waals surface area contributed by atoms with Gasteiger partial charge in [0.15, 0.2) is 0 Å². The van der Waals surface area contributed by atoms with Gasteiger partial charge in [0.25, 0.3) is 0 Å². The van der Waals surface area contributed by atoms with Crippen LogP contribution in [0.4, 0.5) is 4.79 Å². The Morgan fingerprint density at radius 2 is 1.52 bits per heavy atom. The molecule has 0 saturated heterocycles. The van der Waals surface area contributed by atoms with Gasteiger partial charge in [-0.25, -0.2) is 4.79 Å². The molecule has 48 heavy (non-hydrogen) atoms. The van der Waals surface area contributed by atoms with Crippen molar-refractivity contribution in [1.82, 2.24) is 16.0 Å². The van der Waals surface area contributed by atoms with Crippen LogP contribution in [0.3, 0.4) is 0 Å². The molecule has 0 heterocycles. The van der Waals surface area contributed by atoms with Crippen molar-refractivity contribution in [3.63, 3.8) is 0 Å². The van der Waals surface area contributed by atoms with Gasteiger partial charge in [-0.2, -0.15) is 0 Å². The monoisotopic (exact) mass is 646 g/mol. The third-order valence-corrected chi connectivity index (χ3v) is 8.81. The van der Waals surface area contributed by atoms with Crippen LogP contribution in [0.5, 0.6) is 0 Å². The SMILES string of the molecule is C=CC[C@H](CNC(=O)[C@H](CC(N)=O)NC(=O)C(C)(C)NC(=O)OCC1c2ccccc2-c2ccccc21)Cc1cccc2ccccc12. The second kappa shape index (κ2) is 15.0. The molecule has 5 N–H and O–H groups in total. The minimum atomic E-state index is -1.47. The number of hydrogen-bond donors (Lipinski definition) is 4. The van der Waals surface area contributed by atoms with E-state index in [1.54, 1.807) is 0 Å². The van der Waals surface area contributed by atoms with E-state index < -0.39 is 41.8 Å². The number of alkyl carbamates (subject to hydrolysis) is 1. The van der Waals surface area contributed by atoms with Gasteiger partial charge in [-0.15, -0.1) is 6.58 Å². The fourth-order valence-corrected chi connectivity index (χ4v) is 6.32. The maximum absolute atomic E-state index is 13.4. The van der Waals surface area contributed by atoms with Crippen LogP contribution in [0.25, 0.3) is 21.9 Å². The lowest BCUT2D eigenvalue weighted by Gasteiger charge is -2.28. The molecule has 2 atom stereocenters. The Morgan fingerprint density at radius 3 is 2.19 bits per heavy atom. The zero-order valence-corrected chi connectivity index (χ0v) is 27.3. The molecule has 0 radical (unpaired) electrons. The number of nitrogens with one attached hydrogen (secondary N) is 3. The van der Waals surface area contributed by atoms with E-state index in [0.29, 0.717) is 19.4 Å². The zero-order valence-electron chi connectivity index (χ0n) is 27.3. The number of carbonyl (C=O) groups excluding carboxylic acids is 4. The van der Waals surface area contributed by atoms with Crippen LogP contribution in [-0.2, 0) is 25.5 Å². The number of primary amides is 1. The Morgan fingerprint density at radius 1 is 0.896 bits per heavy atom. The molecule has 9 heteroatoms. The number of amides is 4. The molecule has 5 rings (SSSR count). The Hall–Kier alpha value is -5.44. The minimum absolute atomic E-state index is 0.0221. The van der Waals surface area contributed by atoms with Gasteiger partial charge in [0.05, 0.1) is 6.42 Å². The summed E-state index contributed by atoms with van der Waals surface area (Å²) in [5, 5.41) is 10.4. The summed E-state index contributed by atoms with van der Waals surface area (Å²) in [7, 11) is 0. The average molecular weight is 647 g/mol. The van der Waals surface area contributed by atoms with E-state index in [-0.39, 0.29) is 18.4 Å². The molecule has 4 aromatic rings. The molecule has 9 nitrogen and oxygen atoms in total. The van der Waals surface area contributed by atoms with Gasteiger partial charge in [-0.05, 0) is 71.2 Å². The summed E-state index contributed by atoms with van der Waals surface area (Å²) < 4.78 is 5.61. The third kappa shape index (κ3) is 7.91. The molecule has 0 aromatic heterocycles. The van der Waals surface area contributed by atoms with Gasteiger partial charge in [0, 0.05) is 12.5 Å². The Kier molecular flexibility index (Phi) is 10.6. The van der Waals surface area contributed by atoms with Crippen LogP contribution < -0.4 is 21.7 Å².